The number of amides is 1. The van der Waals surface area contributed by atoms with E-state index in [2.05, 4.69) is 9.97 Å². The highest BCUT2D eigenvalue weighted by Gasteiger charge is 2.43. The molecule has 28 heavy (non-hydrogen) atoms. The van der Waals surface area contributed by atoms with Crippen LogP contribution in [0.3, 0.4) is 0 Å². The molecule has 146 valence electrons. The van der Waals surface area contributed by atoms with Crippen molar-refractivity contribution in [3.8, 4) is 5.88 Å². The lowest BCUT2D eigenvalue weighted by Crippen LogP contribution is -2.37. The first-order valence-corrected chi connectivity index (χ1v) is 9.11. The van der Waals surface area contributed by atoms with Gasteiger partial charge in [0.2, 0.25) is 11.8 Å². The summed E-state index contributed by atoms with van der Waals surface area (Å²) < 4.78 is 6.13. The number of nitrogens with two attached hydrogens (primary N) is 2. The number of carboxylic acids is 1. The molecule has 1 saturated heterocycles. The average Bonchev–Trinajstić information content (AvgIpc) is 2.89. The van der Waals surface area contributed by atoms with Crippen LogP contribution in [-0.2, 0) is 6.42 Å². The molecular formula is C19H21N5O4. The molecule has 2 aliphatic heterocycles. The number of hydrogen-bond acceptors (Lipinski definition) is 7. The second kappa shape index (κ2) is 6.66. The van der Waals surface area contributed by atoms with Gasteiger partial charge in [0.25, 0.3) is 5.91 Å². The van der Waals surface area contributed by atoms with E-state index < -0.39 is 11.6 Å². The van der Waals surface area contributed by atoms with Crippen molar-refractivity contribution in [1.82, 2.24) is 14.9 Å². The third kappa shape index (κ3) is 3.08. The number of nitrogens with zero attached hydrogens (tertiary/aromatic N) is 3. The van der Waals surface area contributed by atoms with Crippen molar-refractivity contribution in [2.24, 2.45) is 0 Å². The summed E-state index contributed by atoms with van der Waals surface area (Å²) in [6, 6.07) is 6.27. The standard InChI is InChI=1S/C19H21N5O4/c20-14-13-10-19(28-15(13)23-18(21)22-14)6-3-8-24(9-7-19)16(25)11-4-1-2-5-12(11)17(26)27/h1-2,4-5H,3,6-10H2,(H,26,27)(H4,20,21,22,23). The van der Waals surface area contributed by atoms with E-state index in [-0.39, 0.29) is 23.0 Å². The van der Waals surface area contributed by atoms with Crippen molar-refractivity contribution in [1.29, 1.82) is 0 Å². The van der Waals surface area contributed by atoms with E-state index in [1.165, 1.54) is 6.07 Å². The number of nitrogen functional groups attached to an aromatic ring is 2. The first-order chi connectivity index (χ1) is 13.4. The van der Waals surface area contributed by atoms with Gasteiger partial charge in [-0.25, -0.2) is 4.79 Å². The van der Waals surface area contributed by atoms with Crippen LogP contribution >= 0.6 is 0 Å². The van der Waals surface area contributed by atoms with Crippen LogP contribution in [0.5, 0.6) is 5.88 Å². The fourth-order valence-electron chi connectivity index (χ4n) is 3.99. The van der Waals surface area contributed by atoms with Gasteiger partial charge in [0.1, 0.15) is 11.4 Å². The minimum Gasteiger partial charge on any atom is -0.478 e. The number of carbonyl (C=O) groups is 2. The molecule has 1 unspecified atom stereocenters. The molecule has 1 fully saturated rings. The Balaban J connectivity index is 1.53. The predicted molar refractivity (Wildman–Crippen MR) is 101 cm³/mol. The summed E-state index contributed by atoms with van der Waals surface area (Å²) in [5.74, 6) is -0.581. The van der Waals surface area contributed by atoms with Crippen molar-refractivity contribution >= 4 is 23.6 Å². The van der Waals surface area contributed by atoms with Crippen molar-refractivity contribution in [2.75, 3.05) is 24.6 Å². The first-order valence-electron chi connectivity index (χ1n) is 9.11. The van der Waals surface area contributed by atoms with Crippen molar-refractivity contribution < 1.29 is 19.4 Å². The smallest absolute Gasteiger partial charge is 0.336 e. The number of carboxylic acid groups (broad SMARTS) is 1. The highest BCUT2D eigenvalue weighted by atomic mass is 16.5. The highest BCUT2D eigenvalue weighted by molar-refractivity contribution is 6.04. The Morgan fingerprint density at radius 1 is 1.11 bits per heavy atom. The molecule has 5 N–H and O–H groups in total. The van der Waals surface area contributed by atoms with E-state index in [1.807, 2.05) is 0 Å². The van der Waals surface area contributed by atoms with Gasteiger partial charge in [-0.15, -0.1) is 0 Å². The number of ether oxygens (including phenoxy) is 1. The molecule has 9 heteroatoms. The number of hydrogen-bond donors (Lipinski definition) is 3. The van der Waals surface area contributed by atoms with Gasteiger partial charge in [0.05, 0.1) is 16.7 Å². The number of anilines is 2. The molecule has 1 amide bonds. The molecule has 4 rings (SSSR count). The fourth-order valence-corrected chi connectivity index (χ4v) is 3.99. The van der Waals surface area contributed by atoms with Gasteiger partial charge in [-0.1, -0.05) is 12.1 Å². The minimum atomic E-state index is -1.11. The van der Waals surface area contributed by atoms with E-state index in [0.29, 0.717) is 37.6 Å². The first kappa shape index (κ1) is 18.0. The van der Waals surface area contributed by atoms with Crippen LogP contribution in [0.4, 0.5) is 11.8 Å². The van der Waals surface area contributed by atoms with Crippen LogP contribution in [0.1, 0.15) is 45.5 Å². The van der Waals surface area contributed by atoms with Gasteiger partial charge in [0.15, 0.2) is 0 Å². The second-order valence-electron chi connectivity index (χ2n) is 7.21. The SMILES string of the molecule is Nc1nc(N)c2c(n1)OC1(CCCN(C(=O)c3ccccc3C(=O)O)CC1)C2. The maximum absolute atomic E-state index is 13.0. The molecular weight excluding hydrogens is 362 g/mol. The van der Waals surface area contributed by atoms with Crippen molar-refractivity contribution in [3.05, 3.63) is 41.0 Å². The lowest BCUT2D eigenvalue weighted by Gasteiger charge is -2.27. The Bertz CT molecular complexity index is 963. The topological polar surface area (TPSA) is 145 Å². The zero-order valence-electron chi connectivity index (χ0n) is 15.2. The van der Waals surface area contributed by atoms with E-state index in [1.54, 1.807) is 23.1 Å². The monoisotopic (exact) mass is 383 g/mol. The molecule has 1 atom stereocenters. The maximum atomic E-state index is 13.0. The van der Waals surface area contributed by atoms with Crippen LogP contribution in [-0.4, -0.2) is 50.5 Å². The van der Waals surface area contributed by atoms with Gasteiger partial charge < -0.3 is 26.2 Å². The summed E-state index contributed by atoms with van der Waals surface area (Å²) in [6.45, 7) is 0.973. The summed E-state index contributed by atoms with van der Waals surface area (Å²) in [4.78, 5) is 34.2. The molecule has 1 spiro atoms. The van der Waals surface area contributed by atoms with Crippen LogP contribution in [0, 0.1) is 0 Å². The lowest BCUT2D eigenvalue weighted by atomic mass is 9.90. The van der Waals surface area contributed by atoms with Gasteiger partial charge in [0, 0.05) is 25.9 Å². The number of likely N-dealkylation sites (tertiary alicyclic amines) is 1. The molecule has 1 aromatic carbocycles. The number of aromatic carboxylic acids is 1. The molecule has 0 saturated carbocycles. The maximum Gasteiger partial charge on any atom is 0.336 e. The summed E-state index contributed by atoms with van der Waals surface area (Å²) in [5, 5.41) is 9.36. The van der Waals surface area contributed by atoms with Gasteiger partial charge in [-0.3, -0.25) is 4.79 Å². The molecule has 0 bridgehead atoms. The fraction of sp³-hybridized carbons (Fsp3) is 0.368. The number of carbonyl (C=O) groups excluding carboxylic acids is 1. The van der Waals surface area contributed by atoms with Crippen molar-refractivity contribution in [2.45, 2.75) is 31.3 Å². The third-order valence-electron chi connectivity index (χ3n) is 5.40. The molecule has 2 aromatic rings. The molecule has 1 aromatic heterocycles. The highest BCUT2D eigenvalue weighted by Crippen LogP contribution is 2.42. The summed E-state index contributed by atoms with van der Waals surface area (Å²) in [5.41, 5.74) is 12.1. The van der Waals surface area contributed by atoms with Gasteiger partial charge in [-0.2, -0.15) is 9.97 Å². The molecule has 0 radical (unpaired) electrons. The Labute approximate surface area is 161 Å². The molecule has 9 nitrogen and oxygen atoms in total. The lowest BCUT2D eigenvalue weighted by molar-refractivity contribution is 0.0638. The van der Waals surface area contributed by atoms with Crippen molar-refractivity contribution in [3.63, 3.8) is 0 Å². The Hall–Kier alpha value is -3.36. The summed E-state index contributed by atoms with van der Waals surface area (Å²) >= 11 is 0. The van der Waals surface area contributed by atoms with Gasteiger partial charge >= 0.3 is 5.97 Å². The minimum absolute atomic E-state index is 0.00880. The largest absolute Gasteiger partial charge is 0.478 e. The predicted octanol–water partition coefficient (Wildman–Crippen LogP) is 1.34. The van der Waals surface area contributed by atoms with Crippen LogP contribution in [0.15, 0.2) is 24.3 Å². The normalized spacial score (nSPS) is 21.1. The number of aromatic nitrogens is 2. The second-order valence-corrected chi connectivity index (χ2v) is 7.21. The Morgan fingerprint density at radius 2 is 1.86 bits per heavy atom. The van der Waals surface area contributed by atoms with E-state index in [9.17, 15) is 14.7 Å². The third-order valence-corrected chi connectivity index (χ3v) is 5.40. The quantitative estimate of drug-likeness (QED) is 0.704. The molecule has 3 heterocycles. The molecule has 0 aliphatic carbocycles. The van der Waals surface area contributed by atoms with Crippen LogP contribution in [0.25, 0.3) is 0 Å². The zero-order valence-corrected chi connectivity index (χ0v) is 15.2. The van der Waals surface area contributed by atoms with E-state index in [0.717, 1.165) is 18.4 Å². The number of benzene rings is 1. The van der Waals surface area contributed by atoms with E-state index >= 15 is 0 Å². The zero-order chi connectivity index (χ0) is 19.9. The number of rotatable bonds is 2. The molecule has 2 aliphatic rings. The Morgan fingerprint density at radius 3 is 2.61 bits per heavy atom. The van der Waals surface area contributed by atoms with Gasteiger partial charge in [-0.05, 0) is 25.0 Å². The summed E-state index contributed by atoms with van der Waals surface area (Å²) in [6.07, 6.45) is 2.61. The summed E-state index contributed by atoms with van der Waals surface area (Å²) in [7, 11) is 0. The Kier molecular flexibility index (Phi) is 4.29. The van der Waals surface area contributed by atoms with Crippen LogP contribution in [0.2, 0.25) is 0 Å². The van der Waals surface area contributed by atoms with Crippen LogP contribution < -0.4 is 16.2 Å². The number of fused-ring (bicyclic) bond motifs is 1. The average molecular weight is 383 g/mol. The van der Waals surface area contributed by atoms with E-state index in [4.69, 9.17) is 16.2 Å².